The first-order chi connectivity index (χ1) is 17.0. The highest BCUT2D eigenvalue weighted by Gasteiger charge is 2.19. The number of phenols is 1. The van der Waals surface area contributed by atoms with Gasteiger partial charge >= 0.3 is 0 Å². The number of hydrogen-bond acceptors (Lipinski definition) is 6. The van der Waals surface area contributed by atoms with Gasteiger partial charge in [0.25, 0.3) is 11.8 Å². The third-order valence-electron chi connectivity index (χ3n) is 5.18. The van der Waals surface area contributed by atoms with E-state index in [1.807, 2.05) is 60.0 Å². The molecule has 35 heavy (non-hydrogen) atoms. The van der Waals surface area contributed by atoms with Crippen LogP contribution in [0.2, 0.25) is 0 Å². The van der Waals surface area contributed by atoms with Crippen LogP contribution in [0.25, 0.3) is 16.2 Å². The predicted octanol–water partition coefficient (Wildman–Crippen LogP) is 4.58. The maximum absolute atomic E-state index is 12.9. The largest absolute Gasteiger partial charge is 0.504 e. The lowest BCUT2D eigenvalue weighted by atomic mass is 10.1. The molecule has 4 aromatic rings. The second kappa shape index (κ2) is 11.1. The molecule has 0 aliphatic carbocycles. The van der Waals surface area contributed by atoms with Crippen molar-refractivity contribution >= 4 is 45.5 Å². The molecule has 0 bridgehead atoms. The summed E-state index contributed by atoms with van der Waals surface area (Å²) in [5.74, 6) is -0.976. The first kappa shape index (κ1) is 23.7. The van der Waals surface area contributed by atoms with Crippen molar-refractivity contribution in [2.24, 2.45) is 5.10 Å². The molecule has 4 rings (SSSR count). The second-order valence-electron chi connectivity index (χ2n) is 7.53. The van der Waals surface area contributed by atoms with Crippen LogP contribution in [0.4, 0.5) is 0 Å². The molecule has 7 nitrogen and oxygen atoms in total. The van der Waals surface area contributed by atoms with Crippen LogP contribution in [-0.4, -0.2) is 36.3 Å². The van der Waals surface area contributed by atoms with Gasteiger partial charge in [-0.3, -0.25) is 9.59 Å². The fraction of sp³-hybridized carbons (Fsp3) is 0.0741. The van der Waals surface area contributed by atoms with E-state index in [2.05, 4.69) is 15.8 Å². The van der Waals surface area contributed by atoms with E-state index in [9.17, 15) is 14.7 Å². The Balaban J connectivity index is 1.51. The van der Waals surface area contributed by atoms with Gasteiger partial charge in [-0.05, 0) is 29.8 Å². The van der Waals surface area contributed by atoms with E-state index >= 15 is 0 Å². The van der Waals surface area contributed by atoms with E-state index in [0.717, 1.165) is 21.2 Å². The van der Waals surface area contributed by atoms with E-state index in [-0.39, 0.29) is 17.1 Å². The molecule has 2 amide bonds. The normalized spacial score (nSPS) is 12.1. The third-order valence-corrected chi connectivity index (χ3v) is 6.16. The number of aromatic hydroxyl groups is 1. The Morgan fingerprint density at radius 2 is 1.83 bits per heavy atom. The number of carbonyl (C=O) groups is 2. The van der Waals surface area contributed by atoms with Crippen LogP contribution < -0.4 is 15.5 Å². The number of hydrazone groups is 1. The summed E-state index contributed by atoms with van der Waals surface area (Å²) in [6.07, 6.45) is 4.91. The van der Waals surface area contributed by atoms with Gasteiger partial charge in [0.05, 0.1) is 13.3 Å². The molecule has 0 aliphatic rings. The molecule has 3 N–H and O–H groups in total. The zero-order valence-corrected chi connectivity index (χ0v) is 19.7. The van der Waals surface area contributed by atoms with Gasteiger partial charge in [-0.2, -0.15) is 5.10 Å². The Morgan fingerprint density at radius 1 is 1.06 bits per heavy atom. The molecule has 0 saturated carbocycles. The SMILES string of the molecule is COc1ccc(C(=O)NC(/C=C/c2ccccc2)C(=O)N/N=C/c2csc3ccccc23)cc1O. The highest BCUT2D eigenvalue weighted by atomic mass is 32.1. The molecule has 0 saturated heterocycles. The number of hydrogen-bond donors (Lipinski definition) is 3. The standard InChI is InChI=1S/C27H23N3O4S/c1-34-24-14-12-19(15-23(24)31)26(32)29-22(13-11-18-7-3-2-4-8-18)27(33)30-28-16-20-17-35-25-10-6-5-9-21(20)25/h2-17,22,31H,1H3,(H,29,32)(H,30,33)/b13-11+,28-16+. The Kier molecular flexibility index (Phi) is 7.54. The van der Waals surface area contributed by atoms with Crippen molar-refractivity contribution in [3.63, 3.8) is 0 Å². The zero-order valence-electron chi connectivity index (χ0n) is 18.8. The summed E-state index contributed by atoms with van der Waals surface area (Å²) in [5.41, 5.74) is 4.45. The minimum absolute atomic E-state index is 0.173. The molecule has 1 aromatic heterocycles. The van der Waals surface area contributed by atoms with Gasteiger partial charge in [0, 0.05) is 26.6 Å². The molecule has 0 aliphatic heterocycles. The van der Waals surface area contributed by atoms with Crippen molar-refractivity contribution in [1.82, 2.24) is 10.7 Å². The van der Waals surface area contributed by atoms with Crippen LogP contribution in [0.1, 0.15) is 21.5 Å². The van der Waals surface area contributed by atoms with Crippen LogP contribution in [0.15, 0.2) is 89.4 Å². The van der Waals surface area contributed by atoms with Crippen molar-refractivity contribution < 1.29 is 19.4 Å². The van der Waals surface area contributed by atoms with E-state index < -0.39 is 17.9 Å². The second-order valence-corrected chi connectivity index (χ2v) is 8.44. The van der Waals surface area contributed by atoms with E-state index in [1.54, 1.807) is 29.7 Å². The number of phenolic OH excluding ortho intramolecular Hbond substituents is 1. The molecule has 3 aromatic carbocycles. The van der Waals surface area contributed by atoms with Crippen LogP contribution in [0, 0.1) is 0 Å². The summed E-state index contributed by atoms with van der Waals surface area (Å²) in [6, 6.07) is 20.6. The Hall–Kier alpha value is -4.43. The third kappa shape index (κ3) is 5.93. The molecule has 176 valence electrons. The number of thiophene rings is 1. The maximum atomic E-state index is 12.9. The molecule has 0 radical (unpaired) electrons. The number of carbonyl (C=O) groups excluding carboxylic acids is 2. The Labute approximate surface area is 206 Å². The van der Waals surface area contributed by atoms with Crippen LogP contribution in [0.3, 0.4) is 0 Å². The van der Waals surface area contributed by atoms with Crippen molar-refractivity contribution in [1.29, 1.82) is 0 Å². The number of methoxy groups -OCH3 is 1. The molecule has 0 spiro atoms. The van der Waals surface area contributed by atoms with Gasteiger partial charge < -0.3 is 15.2 Å². The summed E-state index contributed by atoms with van der Waals surface area (Å²) in [7, 11) is 1.42. The molecular formula is C27H23N3O4S. The summed E-state index contributed by atoms with van der Waals surface area (Å²) in [6.45, 7) is 0. The van der Waals surface area contributed by atoms with Crippen LogP contribution in [-0.2, 0) is 4.79 Å². The molecule has 8 heteroatoms. The number of nitrogens with zero attached hydrogens (tertiary/aromatic N) is 1. The van der Waals surface area contributed by atoms with Gasteiger partial charge in [0.15, 0.2) is 11.5 Å². The van der Waals surface area contributed by atoms with Gasteiger partial charge in [-0.25, -0.2) is 5.43 Å². The number of amides is 2. The van der Waals surface area contributed by atoms with Crippen LogP contribution >= 0.6 is 11.3 Å². The highest BCUT2D eigenvalue weighted by Crippen LogP contribution is 2.26. The lowest BCUT2D eigenvalue weighted by Gasteiger charge is -2.14. The summed E-state index contributed by atoms with van der Waals surface area (Å²) in [5, 5.41) is 19.8. The van der Waals surface area contributed by atoms with Crippen LogP contribution in [0.5, 0.6) is 11.5 Å². The first-order valence-electron chi connectivity index (χ1n) is 10.8. The number of nitrogens with one attached hydrogen (secondary N) is 2. The zero-order chi connectivity index (χ0) is 24.6. The minimum Gasteiger partial charge on any atom is -0.504 e. The number of rotatable bonds is 8. The van der Waals surface area contributed by atoms with Gasteiger partial charge in [0.2, 0.25) is 0 Å². The maximum Gasteiger partial charge on any atom is 0.266 e. The van der Waals surface area contributed by atoms with Gasteiger partial charge in [0.1, 0.15) is 6.04 Å². The summed E-state index contributed by atoms with van der Waals surface area (Å²) in [4.78, 5) is 25.7. The van der Waals surface area contributed by atoms with E-state index in [0.29, 0.717) is 0 Å². The van der Waals surface area contributed by atoms with Crippen molar-refractivity contribution in [3.8, 4) is 11.5 Å². The van der Waals surface area contributed by atoms with Crippen molar-refractivity contribution in [3.05, 3.63) is 101 Å². The van der Waals surface area contributed by atoms with Gasteiger partial charge in [-0.15, -0.1) is 11.3 Å². The monoisotopic (exact) mass is 485 g/mol. The summed E-state index contributed by atoms with van der Waals surface area (Å²) < 4.78 is 6.14. The minimum atomic E-state index is -1.01. The van der Waals surface area contributed by atoms with E-state index in [1.165, 1.54) is 25.3 Å². The Morgan fingerprint density at radius 3 is 2.60 bits per heavy atom. The molecule has 1 atom stereocenters. The van der Waals surface area contributed by atoms with Crippen molar-refractivity contribution in [2.75, 3.05) is 7.11 Å². The number of ether oxygens (including phenoxy) is 1. The average Bonchev–Trinajstić information content (AvgIpc) is 3.30. The number of fused-ring (bicyclic) bond motifs is 1. The molecular weight excluding hydrogens is 462 g/mol. The highest BCUT2D eigenvalue weighted by molar-refractivity contribution is 7.17. The molecule has 0 fully saturated rings. The van der Waals surface area contributed by atoms with Gasteiger partial charge in [-0.1, -0.05) is 60.7 Å². The molecule has 1 heterocycles. The quantitative estimate of drug-likeness (QED) is 0.251. The lowest BCUT2D eigenvalue weighted by molar-refractivity contribution is -0.121. The predicted molar refractivity (Wildman–Crippen MR) is 139 cm³/mol. The summed E-state index contributed by atoms with van der Waals surface area (Å²) >= 11 is 1.59. The average molecular weight is 486 g/mol. The Bertz CT molecular complexity index is 1400. The fourth-order valence-electron chi connectivity index (χ4n) is 3.36. The molecule has 1 unspecified atom stereocenters. The topological polar surface area (TPSA) is 100 Å². The number of benzene rings is 3. The smallest absolute Gasteiger partial charge is 0.266 e. The van der Waals surface area contributed by atoms with E-state index in [4.69, 9.17) is 4.74 Å². The first-order valence-corrected chi connectivity index (χ1v) is 11.6. The van der Waals surface area contributed by atoms with Crippen molar-refractivity contribution in [2.45, 2.75) is 6.04 Å². The lowest BCUT2D eigenvalue weighted by Crippen LogP contribution is -2.44. The fourth-order valence-corrected chi connectivity index (χ4v) is 4.27.